The summed E-state index contributed by atoms with van der Waals surface area (Å²) in [5, 5.41) is 0.745. The topological polar surface area (TPSA) is 59.1 Å². The van der Waals surface area contributed by atoms with E-state index in [1.165, 1.54) is 23.5 Å². The Kier molecular flexibility index (Phi) is 5.66. The molecule has 0 fully saturated rings. The zero-order chi connectivity index (χ0) is 16.2. The van der Waals surface area contributed by atoms with Gasteiger partial charge in [-0.25, -0.2) is 22.5 Å². The molecule has 0 radical (unpaired) electrons. The van der Waals surface area contributed by atoms with Crippen LogP contribution in [0.3, 0.4) is 0 Å². The summed E-state index contributed by atoms with van der Waals surface area (Å²) in [7, 11) is -3.22. The summed E-state index contributed by atoms with van der Waals surface area (Å²) in [5.41, 5.74) is 1.89. The van der Waals surface area contributed by atoms with Crippen molar-refractivity contribution in [3.63, 3.8) is 0 Å². The smallest absolute Gasteiger partial charge is 0.211 e. The molecule has 22 heavy (non-hydrogen) atoms. The Bertz CT molecular complexity index is 725. The van der Waals surface area contributed by atoms with Crippen molar-refractivity contribution in [3.8, 4) is 0 Å². The van der Waals surface area contributed by atoms with Gasteiger partial charge in [0.05, 0.1) is 18.0 Å². The predicted molar refractivity (Wildman–Crippen MR) is 87.0 cm³/mol. The van der Waals surface area contributed by atoms with Gasteiger partial charge in [0.1, 0.15) is 10.8 Å². The van der Waals surface area contributed by atoms with E-state index in [0.29, 0.717) is 12.8 Å². The van der Waals surface area contributed by atoms with Crippen molar-refractivity contribution < 1.29 is 12.8 Å². The van der Waals surface area contributed by atoms with Gasteiger partial charge >= 0.3 is 0 Å². The normalized spacial score (nSPS) is 11.8. The van der Waals surface area contributed by atoms with E-state index in [1.54, 1.807) is 12.1 Å². The first-order valence-corrected chi connectivity index (χ1v) is 9.53. The lowest BCUT2D eigenvalue weighted by atomic mass is 10.1. The number of nitrogens with one attached hydrogen (secondary N) is 1. The molecule has 0 bridgehead atoms. The minimum absolute atomic E-state index is 0.125. The van der Waals surface area contributed by atoms with Crippen LogP contribution < -0.4 is 4.72 Å². The highest BCUT2D eigenvalue weighted by Crippen LogP contribution is 2.22. The number of rotatable bonds is 7. The molecule has 0 spiro atoms. The summed E-state index contributed by atoms with van der Waals surface area (Å²) in [6.45, 7) is 3.95. The average Bonchev–Trinajstić information content (AvgIpc) is 2.80. The molecule has 0 aliphatic rings. The maximum Gasteiger partial charge on any atom is 0.211 e. The fourth-order valence-electron chi connectivity index (χ4n) is 2.03. The number of hydrogen-bond acceptors (Lipinski definition) is 4. The minimum Gasteiger partial charge on any atom is -0.245 e. The third kappa shape index (κ3) is 4.86. The first kappa shape index (κ1) is 17.1. The zero-order valence-corrected chi connectivity index (χ0v) is 14.2. The molecule has 1 heterocycles. The van der Waals surface area contributed by atoms with Gasteiger partial charge in [0, 0.05) is 11.3 Å². The van der Waals surface area contributed by atoms with Crippen LogP contribution in [-0.2, 0) is 23.0 Å². The second kappa shape index (κ2) is 7.30. The second-order valence-corrected chi connectivity index (χ2v) is 8.15. The van der Waals surface area contributed by atoms with E-state index in [4.69, 9.17) is 0 Å². The lowest BCUT2D eigenvalue weighted by molar-refractivity contribution is 0.579. The van der Waals surface area contributed by atoms with Crippen LogP contribution in [-0.4, -0.2) is 19.2 Å². The monoisotopic (exact) mass is 342 g/mol. The minimum atomic E-state index is -3.22. The van der Waals surface area contributed by atoms with Crippen molar-refractivity contribution in [3.05, 3.63) is 51.2 Å². The number of aromatic nitrogens is 1. The van der Waals surface area contributed by atoms with E-state index < -0.39 is 10.0 Å². The molecule has 1 aromatic carbocycles. The Morgan fingerprint density at radius 3 is 2.59 bits per heavy atom. The van der Waals surface area contributed by atoms with Gasteiger partial charge < -0.3 is 0 Å². The van der Waals surface area contributed by atoms with Gasteiger partial charge in [-0.2, -0.15) is 0 Å². The van der Waals surface area contributed by atoms with E-state index in [0.717, 1.165) is 21.1 Å². The summed E-state index contributed by atoms with van der Waals surface area (Å²) in [6, 6.07) is 6.37. The third-order valence-electron chi connectivity index (χ3n) is 3.13. The summed E-state index contributed by atoms with van der Waals surface area (Å²) < 4.78 is 38.8. The zero-order valence-electron chi connectivity index (χ0n) is 12.6. The van der Waals surface area contributed by atoms with Crippen LogP contribution >= 0.6 is 11.3 Å². The molecular weight excluding hydrogens is 323 g/mol. The Morgan fingerprint density at radius 2 is 1.95 bits per heavy atom. The van der Waals surface area contributed by atoms with Gasteiger partial charge in [-0.1, -0.05) is 19.1 Å². The van der Waals surface area contributed by atoms with Gasteiger partial charge in [0.2, 0.25) is 10.0 Å². The molecular formula is C15H19FN2O2S2. The molecule has 120 valence electrons. The van der Waals surface area contributed by atoms with Crippen molar-refractivity contribution >= 4 is 21.4 Å². The van der Waals surface area contributed by atoms with Crippen molar-refractivity contribution in [1.82, 2.24) is 9.71 Å². The molecule has 0 saturated carbocycles. The summed E-state index contributed by atoms with van der Waals surface area (Å²) in [5.74, 6) is -0.129. The highest BCUT2D eigenvalue weighted by atomic mass is 32.2. The van der Waals surface area contributed by atoms with Gasteiger partial charge in [0.25, 0.3) is 0 Å². The van der Waals surface area contributed by atoms with Crippen molar-refractivity contribution in [2.45, 2.75) is 33.2 Å². The largest absolute Gasteiger partial charge is 0.245 e. The molecule has 1 aromatic heterocycles. The van der Waals surface area contributed by atoms with E-state index >= 15 is 0 Å². The maximum atomic E-state index is 12.9. The third-order valence-corrected chi connectivity index (χ3v) is 5.82. The maximum absolute atomic E-state index is 12.9. The van der Waals surface area contributed by atoms with Crippen LogP contribution in [0.5, 0.6) is 0 Å². The van der Waals surface area contributed by atoms with E-state index in [9.17, 15) is 12.8 Å². The highest BCUT2D eigenvalue weighted by molar-refractivity contribution is 7.89. The van der Waals surface area contributed by atoms with Gasteiger partial charge in [-0.3, -0.25) is 0 Å². The van der Waals surface area contributed by atoms with Crippen LogP contribution in [0.25, 0.3) is 0 Å². The Morgan fingerprint density at radius 1 is 1.27 bits per heavy atom. The lowest BCUT2D eigenvalue weighted by Crippen LogP contribution is -2.25. The first-order valence-electron chi connectivity index (χ1n) is 7.06. The second-order valence-electron chi connectivity index (χ2n) is 5.06. The molecule has 2 aromatic rings. The number of benzene rings is 1. The van der Waals surface area contributed by atoms with Crippen LogP contribution in [0.15, 0.2) is 24.3 Å². The number of sulfonamides is 1. The molecule has 0 atom stereocenters. The Balaban J connectivity index is 2.03. The van der Waals surface area contributed by atoms with Gasteiger partial charge in [0.15, 0.2) is 0 Å². The van der Waals surface area contributed by atoms with Crippen LogP contribution in [0.1, 0.15) is 34.5 Å². The number of thiazole rings is 1. The number of halogens is 1. The first-order chi connectivity index (χ1) is 10.4. The Hall–Kier alpha value is -1.31. The van der Waals surface area contributed by atoms with Crippen LogP contribution in [0.2, 0.25) is 0 Å². The number of hydrogen-bond donors (Lipinski definition) is 1. The van der Waals surface area contributed by atoms with Crippen molar-refractivity contribution in [1.29, 1.82) is 0 Å². The molecule has 2 rings (SSSR count). The fourth-order valence-corrected chi connectivity index (χ4v) is 4.20. The summed E-state index contributed by atoms with van der Waals surface area (Å²) >= 11 is 1.49. The average molecular weight is 342 g/mol. The van der Waals surface area contributed by atoms with E-state index in [-0.39, 0.29) is 18.1 Å². The lowest BCUT2D eigenvalue weighted by Gasteiger charge is -2.02. The molecule has 0 saturated heterocycles. The number of aryl methyl sites for hydroxylation is 1. The molecule has 7 heteroatoms. The SMILES string of the molecule is CCCS(=O)(=O)NCc1nc(C)c(Cc2ccc(F)cc2)s1. The standard InChI is InChI=1S/C15H19FN2O2S2/c1-3-8-22(19,20)17-10-15-18-11(2)14(21-15)9-12-4-6-13(16)7-5-12/h4-7,17H,3,8-10H2,1-2H3. The number of nitrogens with zero attached hydrogens (tertiary/aromatic N) is 1. The van der Waals surface area contributed by atoms with Gasteiger partial charge in [-0.05, 0) is 31.0 Å². The quantitative estimate of drug-likeness (QED) is 0.841. The summed E-state index contributed by atoms with van der Waals surface area (Å²) in [4.78, 5) is 5.47. The van der Waals surface area contributed by atoms with Crippen molar-refractivity contribution in [2.75, 3.05) is 5.75 Å². The molecule has 1 N–H and O–H groups in total. The molecule has 0 aliphatic carbocycles. The molecule has 0 unspecified atom stereocenters. The van der Waals surface area contributed by atoms with E-state index in [1.807, 2.05) is 13.8 Å². The molecule has 4 nitrogen and oxygen atoms in total. The van der Waals surface area contributed by atoms with Crippen LogP contribution in [0.4, 0.5) is 4.39 Å². The fraction of sp³-hybridized carbons (Fsp3) is 0.400. The van der Waals surface area contributed by atoms with Crippen LogP contribution in [0, 0.1) is 12.7 Å². The summed E-state index contributed by atoms with van der Waals surface area (Å²) in [6.07, 6.45) is 1.26. The Labute approximate surface area is 134 Å². The molecule has 0 aliphatic heterocycles. The van der Waals surface area contributed by atoms with Gasteiger partial charge in [-0.15, -0.1) is 11.3 Å². The molecule has 0 amide bonds. The highest BCUT2D eigenvalue weighted by Gasteiger charge is 2.12. The predicted octanol–water partition coefficient (Wildman–Crippen LogP) is 3.01. The van der Waals surface area contributed by atoms with Crippen molar-refractivity contribution in [2.24, 2.45) is 0 Å². The van der Waals surface area contributed by atoms with E-state index in [2.05, 4.69) is 9.71 Å².